The molecule has 1 aromatic heterocycles. The molecule has 0 radical (unpaired) electrons. The van der Waals surface area contributed by atoms with Crippen LogP contribution >= 0.6 is 0 Å². The molecule has 1 saturated carbocycles. The molecule has 7 nitrogen and oxygen atoms in total. The molecule has 5 rings (SSSR count). The van der Waals surface area contributed by atoms with Crippen molar-refractivity contribution >= 4 is 22.5 Å². The van der Waals surface area contributed by atoms with Crippen LogP contribution in [0.2, 0.25) is 0 Å². The van der Waals surface area contributed by atoms with E-state index in [1.807, 2.05) is 71.6 Å². The average Bonchev–Trinajstić information content (AvgIpc) is 3.37. The molecule has 4 aromatic rings. The number of fused-ring (bicyclic) bond motifs is 1. The zero-order valence-corrected chi connectivity index (χ0v) is 19.2. The number of hydrogen-bond acceptors (Lipinski definition) is 5. The van der Waals surface area contributed by atoms with Gasteiger partial charge < -0.3 is 19.5 Å². The lowest BCUT2D eigenvalue weighted by Gasteiger charge is -2.33. The van der Waals surface area contributed by atoms with Gasteiger partial charge in [-0.3, -0.25) is 0 Å². The summed E-state index contributed by atoms with van der Waals surface area (Å²) in [6, 6.07) is 21.5. The number of nitrogens with zero attached hydrogens (tertiary/aromatic N) is 3. The fourth-order valence-electron chi connectivity index (χ4n) is 4.60. The Bertz CT molecular complexity index is 1260. The number of carbonyl (C=O) groups is 1. The second-order valence-corrected chi connectivity index (χ2v) is 8.62. The number of urea groups is 1. The Hall–Kier alpha value is -3.87. The minimum atomic E-state index is -0.146. The standard InChI is InChI=1S/C27H28N4O3/c1-33-22-16-14-20(15-17-22)26-29-25(34-30-26)18-31(21-10-3-2-4-11-21)27(32)28-24-13-7-9-19-8-5-6-12-23(19)24/h5-9,12-17,21H,2-4,10-11,18H2,1H3,(H,28,32). The maximum absolute atomic E-state index is 13.5. The van der Waals surface area contributed by atoms with Crippen LogP contribution in [0.15, 0.2) is 71.3 Å². The topological polar surface area (TPSA) is 80.5 Å². The molecule has 1 N–H and O–H groups in total. The number of ether oxygens (including phenoxy) is 1. The predicted octanol–water partition coefficient (Wildman–Crippen LogP) is 6.27. The van der Waals surface area contributed by atoms with E-state index in [0.717, 1.165) is 53.5 Å². The van der Waals surface area contributed by atoms with Gasteiger partial charge >= 0.3 is 6.03 Å². The van der Waals surface area contributed by atoms with Gasteiger partial charge in [-0.05, 0) is 48.6 Å². The van der Waals surface area contributed by atoms with Crippen molar-refractivity contribution in [2.75, 3.05) is 12.4 Å². The Kier molecular flexibility index (Phi) is 6.42. The highest BCUT2D eigenvalue weighted by molar-refractivity contribution is 6.01. The summed E-state index contributed by atoms with van der Waals surface area (Å²) in [6.45, 7) is 0.268. The largest absolute Gasteiger partial charge is 0.497 e. The van der Waals surface area contributed by atoms with Crippen LogP contribution in [0, 0.1) is 0 Å². The van der Waals surface area contributed by atoms with Gasteiger partial charge in [0.25, 0.3) is 0 Å². The summed E-state index contributed by atoms with van der Waals surface area (Å²) < 4.78 is 10.8. The van der Waals surface area contributed by atoms with Crippen molar-refractivity contribution in [3.63, 3.8) is 0 Å². The second kappa shape index (κ2) is 9.95. The first-order chi connectivity index (χ1) is 16.7. The molecule has 0 aliphatic heterocycles. The van der Waals surface area contributed by atoms with Gasteiger partial charge in [0.1, 0.15) is 12.3 Å². The number of amides is 2. The van der Waals surface area contributed by atoms with Crippen LogP contribution in [0.4, 0.5) is 10.5 Å². The van der Waals surface area contributed by atoms with Crippen LogP contribution in [-0.2, 0) is 6.54 Å². The quantitative estimate of drug-likeness (QED) is 0.370. The molecule has 34 heavy (non-hydrogen) atoms. The van der Waals surface area contributed by atoms with E-state index >= 15 is 0 Å². The van der Waals surface area contributed by atoms with E-state index in [-0.39, 0.29) is 18.6 Å². The number of methoxy groups -OCH3 is 1. The van der Waals surface area contributed by atoms with Gasteiger partial charge in [-0.25, -0.2) is 4.79 Å². The van der Waals surface area contributed by atoms with Crippen molar-refractivity contribution in [1.29, 1.82) is 0 Å². The second-order valence-electron chi connectivity index (χ2n) is 8.62. The van der Waals surface area contributed by atoms with E-state index in [1.54, 1.807) is 7.11 Å². The Morgan fingerprint density at radius 1 is 1.03 bits per heavy atom. The van der Waals surface area contributed by atoms with Crippen molar-refractivity contribution in [2.24, 2.45) is 0 Å². The van der Waals surface area contributed by atoms with Crippen LogP contribution in [0.3, 0.4) is 0 Å². The first kappa shape index (κ1) is 21.9. The lowest BCUT2D eigenvalue weighted by molar-refractivity contribution is 0.151. The fraction of sp³-hybridized carbons (Fsp3) is 0.296. The van der Waals surface area contributed by atoms with E-state index in [0.29, 0.717) is 11.7 Å². The maximum Gasteiger partial charge on any atom is 0.322 e. The molecule has 0 unspecified atom stereocenters. The predicted molar refractivity (Wildman–Crippen MR) is 132 cm³/mol. The first-order valence-electron chi connectivity index (χ1n) is 11.7. The molecule has 1 aliphatic carbocycles. The summed E-state index contributed by atoms with van der Waals surface area (Å²) in [5.41, 5.74) is 1.63. The van der Waals surface area contributed by atoms with Gasteiger partial charge in [-0.1, -0.05) is 60.8 Å². The van der Waals surface area contributed by atoms with Crippen molar-refractivity contribution in [3.8, 4) is 17.1 Å². The van der Waals surface area contributed by atoms with Gasteiger partial charge in [0.05, 0.1) is 12.8 Å². The van der Waals surface area contributed by atoms with E-state index in [1.165, 1.54) is 6.42 Å². The molecule has 3 aromatic carbocycles. The minimum Gasteiger partial charge on any atom is -0.497 e. The summed E-state index contributed by atoms with van der Waals surface area (Å²) in [6.07, 6.45) is 5.38. The molecule has 0 bridgehead atoms. The first-order valence-corrected chi connectivity index (χ1v) is 11.7. The van der Waals surface area contributed by atoms with Gasteiger partial charge in [-0.15, -0.1) is 0 Å². The molecular weight excluding hydrogens is 428 g/mol. The summed E-state index contributed by atoms with van der Waals surface area (Å²) in [5, 5.41) is 9.38. The molecule has 0 atom stereocenters. The number of carbonyl (C=O) groups excluding carboxylic acids is 1. The van der Waals surface area contributed by atoms with Gasteiger partial charge in [0.15, 0.2) is 0 Å². The van der Waals surface area contributed by atoms with Crippen molar-refractivity contribution in [2.45, 2.75) is 44.7 Å². The molecular formula is C27H28N4O3. The lowest BCUT2D eigenvalue weighted by atomic mass is 9.94. The van der Waals surface area contributed by atoms with Crippen LogP contribution < -0.4 is 10.1 Å². The molecule has 2 amide bonds. The van der Waals surface area contributed by atoms with Crippen LogP contribution in [0.5, 0.6) is 5.75 Å². The molecule has 1 heterocycles. The lowest BCUT2D eigenvalue weighted by Crippen LogP contribution is -2.43. The SMILES string of the molecule is COc1ccc(-c2noc(CN(C(=O)Nc3cccc4ccccc34)C3CCCCC3)n2)cc1. The molecule has 174 valence electrons. The third-order valence-corrected chi connectivity index (χ3v) is 6.43. The number of hydrogen-bond donors (Lipinski definition) is 1. The monoisotopic (exact) mass is 456 g/mol. The Morgan fingerprint density at radius 2 is 1.79 bits per heavy atom. The van der Waals surface area contributed by atoms with Crippen molar-refractivity contribution in [1.82, 2.24) is 15.0 Å². The summed E-state index contributed by atoms with van der Waals surface area (Å²) in [7, 11) is 1.63. The Balaban J connectivity index is 1.38. The van der Waals surface area contributed by atoms with Crippen molar-refractivity contribution in [3.05, 3.63) is 72.6 Å². The van der Waals surface area contributed by atoms with E-state index in [2.05, 4.69) is 15.5 Å². The van der Waals surface area contributed by atoms with E-state index in [4.69, 9.17) is 9.26 Å². The van der Waals surface area contributed by atoms with Gasteiger partial charge in [0, 0.05) is 17.0 Å². The van der Waals surface area contributed by atoms with E-state index in [9.17, 15) is 4.79 Å². The highest BCUT2D eigenvalue weighted by Gasteiger charge is 2.28. The van der Waals surface area contributed by atoms with Gasteiger partial charge in [0.2, 0.25) is 11.7 Å². The third-order valence-electron chi connectivity index (χ3n) is 6.43. The number of aromatic nitrogens is 2. The van der Waals surface area contributed by atoms with Crippen LogP contribution in [-0.4, -0.2) is 34.2 Å². The molecule has 7 heteroatoms. The molecule has 0 spiro atoms. The minimum absolute atomic E-state index is 0.139. The summed E-state index contributed by atoms with van der Waals surface area (Å²) in [5.74, 6) is 1.68. The molecule has 0 saturated heterocycles. The highest BCUT2D eigenvalue weighted by atomic mass is 16.5. The zero-order chi connectivity index (χ0) is 23.3. The Morgan fingerprint density at radius 3 is 2.59 bits per heavy atom. The van der Waals surface area contributed by atoms with E-state index < -0.39 is 0 Å². The van der Waals surface area contributed by atoms with Crippen LogP contribution in [0.1, 0.15) is 38.0 Å². The van der Waals surface area contributed by atoms with Gasteiger partial charge in [-0.2, -0.15) is 4.98 Å². The number of anilines is 1. The highest BCUT2D eigenvalue weighted by Crippen LogP contribution is 2.28. The normalized spacial score (nSPS) is 14.1. The average molecular weight is 457 g/mol. The Labute approximate surface area is 198 Å². The molecule has 1 aliphatic rings. The maximum atomic E-state index is 13.5. The number of rotatable bonds is 6. The molecule has 1 fully saturated rings. The summed E-state index contributed by atoms with van der Waals surface area (Å²) in [4.78, 5) is 19.9. The summed E-state index contributed by atoms with van der Waals surface area (Å²) >= 11 is 0. The third kappa shape index (κ3) is 4.73. The van der Waals surface area contributed by atoms with Crippen molar-refractivity contribution < 1.29 is 14.1 Å². The number of benzene rings is 3. The zero-order valence-electron chi connectivity index (χ0n) is 19.2. The fourth-order valence-corrected chi connectivity index (χ4v) is 4.60. The number of nitrogens with one attached hydrogen (secondary N) is 1. The smallest absolute Gasteiger partial charge is 0.322 e. The van der Waals surface area contributed by atoms with Crippen LogP contribution in [0.25, 0.3) is 22.2 Å².